The quantitative estimate of drug-likeness (QED) is 0.840. The van der Waals surface area contributed by atoms with Gasteiger partial charge in [-0.15, -0.1) is 0 Å². The number of amides is 1. The molecule has 1 amide bonds. The summed E-state index contributed by atoms with van der Waals surface area (Å²) in [4.78, 5) is 12.2. The molecule has 4 nitrogen and oxygen atoms in total. The van der Waals surface area contributed by atoms with Gasteiger partial charge in [-0.3, -0.25) is 4.79 Å². The largest absolute Gasteiger partial charge is 0.478 e. The second-order valence-corrected chi connectivity index (χ2v) is 5.70. The number of carbonyl (C=O) groups excluding carboxylic acids is 1. The van der Waals surface area contributed by atoms with Crippen LogP contribution in [0.3, 0.4) is 0 Å². The highest BCUT2D eigenvalue weighted by Crippen LogP contribution is 2.36. The van der Waals surface area contributed by atoms with Crippen molar-refractivity contribution < 1.29 is 9.53 Å². The molecule has 0 aromatic heterocycles. The summed E-state index contributed by atoms with van der Waals surface area (Å²) < 4.78 is 5.38. The normalized spacial score (nSPS) is 14.3. The van der Waals surface area contributed by atoms with E-state index in [0.29, 0.717) is 32.6 Å². The zero-order valence-electron chi connectivity index (χ0n) is 11.8. The Morgan fingerprint density at radius 2 is 1.91 bits per heavy atom. The molecule has 1 aliphatic rings. The molecule has 0 radical (unpaired) electrons. The van der Waals surface area contributed by atoms with Crippen molar-refractivity contribution in [1.29, 1.82) is 5.26 Å². The van der Waals surface area contributed by atoms with Gasteiger partial charge in [-0.05, 0) is 36.4 Å². The molecule has 0 spiro atoms. The van der Waals surface area contributed by atoms with Gasteiger partial charge in [0.2, 0.25) is 0 Å². The van der Waals surface area contributed by atoms with Crippen LogP contribution in [0.1, 0.15) is 11.1 Å². The van der Waals surface area contributed by atoms with E-state index in [9.17, 15) is 4.79 Å². The lowest BCUT2D eigenvalue weighted by molar-refractivity contribution is -0.110. The molecule has 0 bridgehead atoms. The molecule has 114 valence electrons. The topological polar surface area (TPSA) is 62.1 Å². The number of halogens is 2. The van der Waals surface area contributed by atoms with Crippen LogP contribution in [0.5, 0.6) is 5.75 Å². The fourth-order valence-corrected chi connectivity index (χ4v) is 2.69. The van der Waals surface area contributed by atoms with Crippen molar-refractivity contribution in [1.82, 2.24) is 0 Å². The minimum absolute atomic E-state index is 0.0871. The second kappa shape index (κ2) is 6.33. The van der Waals surface area contributed by atoms with E-state index in [2.05, 4.69) is 5.32 Å². The van der Waals surface area contributed by atoms with Gasteiger partial charge in [0.15, 0.2) is 6.61 Å². The number of nitrogens with one attached hydrogen (secondary N) is 1. The lowest BCUT2D eigenvalue weighted by atomic mass is 10.0. The Balaban J connectivity index is 2.07. The monoisotopic (exact) mass is 344 g/mol. The summed E-state index contributed by atoms with van der Waals surface area (Å²) in [6.07, 6.45) is 1.69. The van der Waals surface area contributed by atoms with E-state index in [4.69, 9.17) is 33.2 Å². The molecule has 2 aromatic rings. The van der Waals surface area contributed by atoms with Gasteiger partial charge in [0, 0.05) is 26.7 Å². The van der Waals surface area contributed by atoms with Crippen molar-refractivity contribution in [3.05, 3.63) is 57.6 Å². The van der Waals surface area contributed by atoms with Gasteiger partial charge in [-0.1, -0.05) is 29.3 Å². The van der Waals surface area contributed by atoms with Gasteiger partial charge < -0.3 is 10.1 Å². The molecule has 0 aliphatic carbocycles. The Morgan fingerprint density at radius 1 is 1.17 bits per heavy atom. The van der Waals surface area contributed by atoms with E-state index in [1.807, 2.05) is 6.07 Å². The van der Waals surface area contributed by atoms with Gasteiger partial charge in [-0.2, -0.15) is 5.26 Å². The van der Waals surface area contributed by atoms with Crippen molar-refractivity contribution in [3.63, 3.8) is 0 Å². The average molecular weight is 345 g/mol. The van der Waals surface area contributed by atoms with Crippen LogP contribution in [0, 0.1) is 11.3 Å². The van der Waals surface area contributed by atoms with Gasteiger partial charge in [0.05, 0.1) is 5.69 Å². The first-order valence-corrected chi connectivity index (χ1v) is 7.46. The lowest BCUT2D eigenvalue weighted by Gasteiger charge is -2.07. The molecule has 3 rings (SSSR count). The number of nitriles is 1. The first-order valence-electron chi connectivity index (χ1n) is 6.71. The lowest BCUT2D eigenvalue weighted by Crippen LogP contribution is -2.04. The van der Waals surface area contributed by atoms with Gasteiger partial charge in [0.25, 0.3) is 5.91 Å². The second-order valence-electron chi connectivity index (χ2n) is 4.83. The minimum atomic E-state index is -0.228. The zero-order valence-corrected chi connectivity index (χ0v) is 13.3. The maximum Gasteiger partial charge on any atom is 0.256 e. The van der Waals surface area contributed by atoms with Crippen LogP contribution in [0.25, 0.3) is 11.6 Å². The number of ether oxygens (including phenoxy) is 1. The number of nitrogens with zero attached hydrogens (tertiary/aromatic N) is 1. The Hall–Kier alpha value is -2.48. The SMILES string of the molecule is N#CCOc1ccc(Cl)cc1C=C1C(=O)Nc2cc(Cl)ccc21. The van der Waals surface area contributed by atoms with Crippen LogP contribution in [0.2, 0.25) is 10.0 Å². The smallest absolute Gasteiger partial charge is 0.256 e. The molecule has 0 saturated heterocycles. The summed E-state index contributed by atoms with van der Waals surface area (Å²) in [6, 6.07) is 12.1. The molecule has 0 saturated carbocycles. The molecule has 0 atom stereocenters. The Bertz CT molecular complexity index is 869. The Kier molecular flexibility index (Phi) is 4.24. The third-order valence-electron chi connectivity index (χ3n) is 3.33. The molecule has 0 fully saturated rings. The molecule has 1 N–H and O–H groups in total. The maximum atomic E-state index is 12.2. The minimum Gasteiger partial charge on any atom is -0.478 e. The van der Waals surface area contributed by atoms with Crippen LogP contribution in [0.15, 0.2) is 36.4 Å². The van der Waals surface area contributed by atoms with E-state index in [1.54, 1.807) is 42.5 Å². The van der Waals surface area contributed by atoms with E-state index in [-0.39, 0.29) is 12.5 Å². The molecular weight excluding hydrogens is 335 g/mol. The van der Waals surface area contributed by atoms with E-state index in [1.165, 1.54) is 0 Å². The predicted octanol–water partition coefficient (Wildman–Crippen LogP) is 4.39. The van der Waals surface area contributed by atoms with Crippen LogP contribution >= 0.6 is 23.2 Å². The number of anilines is 1. The molecule has 1 heterocycles. The molecule has 6 heteroatoms. The van der Waals surface area contributed by atoms with Gasteiger partial charge >= 0.3 is 0 Å². The summed E-state index contributed by atoms with van der Waals surface area (Å²) >= 11 is 12.0. The molecular formula is C17H10Cl2N2O2. The summed E-state index contributed by atoms with van der Waals surface area (Å²) in [7, 11) is 0. The van der Waals surface area contributed by atoms with Crippen LogP contribution in [-0.4, -0.2) is 12.5 Å². The highest BCUT2D eigenvalue weighted by atomic mass is 35.5. The summed E-state index contributed by atoms with van der Waals surface area (Å²) in [5, 5.41) is 12.5. The standard InChI is InChI=1S/C17H10Cl2N2O2/c18-11-2-4-16(23-6-5-20)10(7-11)8-14-13-3-1-12(19)9-15(13)21-17(14)22/h1-4,7-9H,6H2,(H,21,22). The molecule has 0 unspecified atom stereocenters. The van der Waals surface area contributed by atoms with Gasteiger partial charge in [-0.25, -0.2) is 0 Å². The first kappa shape index (κ1) is 15.4. The van der Waals surface area contributed by atoms with Crippen molar-refractivity contribution in [2.24, 2.45) is 0 Å². The van der Waals surface area contributed by atoms with E-state index in [0.717, 1.165) is 5.56 Å². The first-order chi connectivity index (χ1) is 11.1. The van der Waals surface area contributed by atoms with Crippen molar-refractivity contribution in [2.75, 3.05) is 11.9 Å². The van der Waals surface area contributed by atoms with Crippen molar-refractivity contribution >= 4 is 46.4 Å². The third kappa shape index (κ3) is 3.16. The van der Waals surface area contributed by atoms with Crippen molar-refractivity contribution in [2.45, 2.75) is 0 Å². The van der Waals surface area contributed by atoms with E-state index < -0.39 is 0 Å². The Morgan fingerprint density at radius 3 is 2.70 bits per heavy atom. The summed E-state index contributed by atoms with van der Waals surface area (Å²) in [5.74, 6) is 0.257. The number of hydrogen-bond acceptors (Lipinski definition) is 3. The number of fused-ring (bicyclic) bond motifs is 1. The highest BCUT2D eigenvalue weighted by Gasteiger charge is 2.24. The summed E-state index contributed by atoms with van der Waals surface area (Å²) in [6.45, 7) is -0.0871. The third-order valence-corrected chi connectivity index (χ3v) is 3.80. The molecule has 23 heavy (non-hydrogen) atoms. The Labute approximate surface area is 142 Å². The molecule has 1 aliphatic heterocycles. The van der Waals surface area contributed by atoms with Gasteiger partial charge in [0.1, 0.15) is 11.8 Å². The highest BCUT2D eigenvalue weighted by molar-refractivity contribution is 6.37. The van der Waals surface area contributed by atoms with Crippen molar-refractivity contribution in [3.8, 4) is 11.8 Å². The average Bonchev–Trinajstić information content (AvgIpc) is 2.81. The number of benzene rings is 2. The summed E-state index contributed by atoms with van der Waals surface area (Å²) in [5.41, 5.74) is 2.53. The zero-order chi connectivity index (χ0) is 16.4. The predicted molar refractivity (Wildman–Crippen MR) is 90.5 cm³/mol. The fourth-order valence-electron chi connectivity index (χ4n) is 2.34. The number of carbonyl (C=O) groups is 1. The molecule has 2 aromatic carbocycles. The number of rotatable bonds is 3. The van der Waals surface area contributed by atoms with Crippen LogP contribution in [-0.2, 0) is 4.79 Å². The van der Waals surface area contributed by atoms with Crippen LogP contribution in [0.4, 0.5) is 5.69 Å². The maximum absolute atomic E-state index is 12.2. The fraction of sp³-hybridized carbons (Fsp3) is 0.0588. The van der Waals surface area contributed by atoms with Crippen LogP contribution < -0.4 is 10.1 Å². The van der Waals surface area contributed by atoms with E-state index >= 15 is 0 Å². The number of hydrogen-bond donors (Lipinski definition) is 1.